The van der Waals surface area contributed by atoms with Crippen LogP contribution in [0, 0.1) is 5.82 Å². The van der Waals surface area contributed by atoms with Gasteiger partial charge in [-0.05, 0) is 51.5 Å². The molecule has 0 saturated carbocycles. The van der Waals surface area contributed by atoms with Gasteiger partial charge in [0.2, 0.25) is 0 Å². The molecule has 0 aromatic heterocycles. The Hall–Kier alpha value is -1.62. The number of nitrogens with zero attached hydrogens (tertiary/aromatic N) is 1. The van der Waals surface area contributed by atoms with Crippen molar-refractivity contribution in [3.8, 4) is 5.75 Å². The Balaban J connectivity index is 2.75. The molecule has 0 unspecified atom stereocenters. The van der Waals surface area contributed by atoms with Crippen molar-refractivity contribution in [3.05, 3.63) is 30.1 Å². The predicted molar refractivity (Wildman–Crippen MR) is 75.1 cm³/mol. The van der Waals surface area contributed by atoms with E-state index in [1.165, 1.54) is 24.3 Å². The van der Waals surface area contributed by atoms with Crippen LogP contribution in [0.1, 0.15) is 27.2 Å². The number of ether oxygens (including phenoxy) is 1. The molecule has 20 heavy (non-hydrogen) atoms. The topological polar surface area (TPSA) is 49.8 Å². The molecule has 0 spiro atoms. The van der Waals surface area contributed by atoms with Crippen molar-refractivity contribution in [1.29, 1.82) is 0 Å². The maximum atomic E-state index is 12.8. The molecule has 0 aliphatic carbocycles. The number of hydrogen-bond acceptors (Lipinski definition) is 3. The van der Waals surface area contributed by atoms with E-state index in [4.69, 9.17) is 9.84 Å². The van der Waals surface area contributed by atoms with E-state index in [-0.39, 0.29) is 18.3 Å². The van der Waals surface area contributed by atoms with Crippen molar-refractivity contribution >= 4 is 5.91 Å². The number of rotatable bonds is 7. The Morgan fingerprint density at radius 3 is 2.45 bits per heavy atom. The highest BCUT2D eigenvalue weighted by Crippen LogP contribution is 2.20. The van der Waals surface area contributed by atoms with Gasteiger partial charge < -0.3 is 14.7 Å². The summed E-state index contributed by atoms with van der Waals surface area (Å²) in [5, 5.41) is 8.85. The zero-order chi connectivity index (χ0) is 15.2. The van der Waals surface area contributed by atoms with E-state index in [0.717, 1.165) is 0 Å². The quantitative estimate of drug-likeness (QED) is 0.834. The zero-order valence-electron chi connectivity index (χ0n) is 12.2. The third kappa shape index (κ3) is 4.49. The number of aliphatic hydroxyl groups excluding tert-OH is 1. The maximum absolute atomic E-state index is 12.8. The Morgan fingerprint density at radius 2 is 1.95 bits per heavy atom. The van der Waals surface area contributed by atoms with E-state index in [1.54, 1.807) is 18.7 Å². The number of benzene rings is 1. The lowest BCUT2D eigenvalue weighted by Crippen LogP contribution is -2.49. The molecule has 0 aliphatic heterocycles. The molecule has 1 N–H and O–H groups in total. The molecule has 0 radical (unpaired) electrons. The molecule has 0 atom stereocenters. The second-order valence-corrected chi connectivity index (χ2v) is 5.03. The minimum absolute atomic E-state index is 0.0447. The number of carbonyl (C=O) groups excluding carboxylic acids is 1. The van der Waals surface area contributed by atoms with Gasteiger partial charge in [0.15, 0.2) is 5.60 Å². The van der Waals surface area contributed by atoms with E-state index in [1.807, 2.05) is 6.92 Å². The molecule has 0 heterocycles. The standard InChI is InChI=1S/C15H22FNO3/c1-4-17(10-5-11-18)14(19)15(2,3)20-13-8-6-12(16)7-9-13/h6-9,18H,4-5,10-11H2,1-3H3. The Labute approximate surface area is 119 Å². The van der Waals surface area contributed by atoms with E-state index >= 15 is 0 Å². The monoisotopic (exact) mass is 283 g/mol. The number of aliphatic hydroxyl groups is 1. The van der Waals surface area contributed by atoms with Gasteiger partial charge in [0, 0.05) is 19.7 Å². The Bertz CT molecular complexity index is 431. The lowest BCUT2D eigenvalue weighted by molar-refractivity contribution is -0.145. The molecule has 1 aromatic rings. The summed E-state index contributed by atoms with van der Waals surface area (Å²) in [4.78, 5) is 14.1. The summed E-state index contributed by atoms with van der Waals surface area (Å²) >= 11 is 0. The van der Waals surface area contributed by atoms with Crippen molar-refractivity contribution in [2.75, 3.05) is 19.7 Å². The molecule has 1 amide bonds. The summed E-state index contributed by atoms with van der Waals surface area (Å²) in [7, 11) is 0. The SMILES string of the molecule is CCN(CCCO)C(=O)C(C)(C)Oc1ccc(F)cc1. The summed E-state index contributed by atoms with van der Waals surface area (Å²) in [5.41, 5.74) is -1.04. The average molecular weight is 283 g/mol. The van der Waals surface area contributed by atoms with Crippen LogP contribution in [0.15, 0.2) is 24.3 Å². The van der Waals surface area contributed by atoms with Gasteiger partial charge in [0.05, 0.1) is 0 Å². The molecule has 112 valence electrons. The first-order valence-corrected chi connectivity index (χ1v) is 6.75. The molecular formula is C15H22FNO3. The summed E-state index contributed by atoms with van der Waals surface area (Å²) in [6.07, 6.45) is 0.534. The van der Waals surface area contributed by atoms with Crippen molar-refractivity contribution in [2.45, 2.75) is 32.8 Å². The van der Waals surface area contributed by atoms with Crippen LogP contribution in [0.3, 0.4) is 0 Å². The highest BCUT2D eigenvalue weighted by molar-refractivity contribution is 5.84. The van der Waals surface area contributed by atoms with Crippen LogP contribution in [-0.4, -0.2) is 41.2 Å². The lowest BCUT2D eigenvalue weighted by Gasteiger charge is -2.31. The fourth-order valence-electron chi connectivity index (χ4n) is 1.89. The van der Waals surface area contributed by atoms with Crippen LogP contribution in [0.2, 0.25) is 0 Å². The Kier molecular flexibility index (Phi) is 5.95. The highest BCUT2D eigenvalue weighted by atomic mass is 19.1. The number of amides is 1. The van der Waals surface area contributed by atoms with Gasteiger partial charge >= 0.3 is 0 Å². The first-order valence-electron chi connectivity index (χ1n) is 6.75. The van der Waals surface area contributed by atoms with Crippen molar-refractivity contribution < 1.29 is 19.0 Å². The van der Waals surface area contributed by atoms with Crippen LogP contribution < -0.4 is 4.74 Å². The van der Waals surface area contributed by atoms with E-state index in [2.05, 4.69) is 0 Å². The molecule has 0 bridgehead atoms. The molecule has 4 nitrogen and oxygen atoms in total. The van der Waals surface area contributed by atoms with Gasteiger partial charge in [0.25, 0.3) is 5.91 Å². The maximum Gasteiger partial charge on any atom is 0.266 e. The third-order valence-corrected chi connectivity index (χ3v) is 2.96. The predicted octanol–water partition coefficient (Wildman–Crippen LogP) is 2.21. The van der Waals surface area contributed by atoms with Crippen molar-refractivity contribution in [2.24, 2.45) is 0 Å². The number of carbonyl (C=O) groups is 1. The molecule has 0 aliphatic rings. The van der Waals surface area contributed by atoms with Crippen molar-refractivity contribution in [3.63, 3.8) is 0 Å². The van der Waals surface area contributed by atoms with Crippen LogP contribution >= 0.6 is 0 Å². The fourth-order valence-corrected chi connectivity index (χ4v) is 1.89. The lowest BCUT2D eigenvalue weighted by atomic mass is 10.1. The summed E-state index contributed by atoms with van der Waals surface area (Å²) in [6, 6.07) is 5.57. The minimum atomic E-state index is -1.04. The van der Waals surface area contributed by atoms with Crippen LogP contribution in [0.4, 0.5) is 4.39 Å². The Morgan fingerprint density at radius 1 is 1.35 bits per heavy atom. The molecule has 0 fully saturated rings. The number of hydrogen-bond donors (Lipinski definition) is 1. The fraction of sp³-hybridized carbons (Fsp3) is 0.533. The zero-order valence-corrected chi connectivity index (χ0v) is 12.2. The summed E-state index contributed by atoms with van der Waals surface area (Å²) in [6.45, 7) is 6.32. The van der Waals surface area contributed by atoms with Crippen LogP contribution in [-0.2, 0) is 4.79 Å². The van der Waals surface area contributed by atoms with Gasteiger partial charge in [-0.15, -0.1) is 0 Å². The van der Waals surface area contributed by atoms with E-state index in [0.29, 0.717) is 25.3 Å². The van der Waals surface area contributed by atoms with Gasteiger partial charge in [-0.25, -0.2) is 4.39 Å². The molecule has 1 aromatic carbocycles. The van der Waals surface area contributed by atoms with Crippen molar-refractivity contribution in [1.82, 2.24) is 4.90 Å². The number of halogens is 1. The second kappa shape index (κ2) is 7.24. The van der Waals surface area contributed by atoms with Gasteiger partial charge in [-0.3, -0.25) is 4.79 Å². The van der Waals surface area contributed by atoms with Crippen LogP contribution in [0.5, 0.6) is 5.75 Å². The largest absolute Gasteiger partial charge is 0.478 e. The number of likely N-dealkylation sites (N-methyl/N-ethyl adjacent to an activating group) is 1. The van der Waals surface area contributed by atoms with E-state index in [9.17, 15) is 9.18 Å². The second-order valence-electron chi connectivity index (χ2n) is 5.03. The summed E-state index contributed by atoms with van der Waals surface area (Å²) < 4.78 is 18.5. The van der Waals surface area contributed by atoms with Crippen LogP contribution in [0.25, 0.3) is 0 Å². The van der Waals surface area contributed by atoms with Gasteiger partial charge in [0.1, 0.15) is 11.6 Å². The molecule has 1 rings (SSSR count). The minimum Gasteiger partial charge on any atom is -0.478 e. The van der Waals surface area contributed by atoms with Gasteiger partial charge in [-0.1, -0.05) is 0 Å². The van der Waals surface area contributed by atoms with E-state index < -0.39 is 5.60 Å². The highest BCUT2D eigenvalue weighted by Gasteiger charge is 2.33. The first-order chi connectivity index (χ1) is 9.40. The molecule has 0 saturated heterocycles. The average Bonchev–Trinajstić information content (AvgIpc) is 2.42. The smallest absolute Gasteiger partial charge is 0.266 e. The molecular weight excluding hydrogens is 261 g/mol. The normalized spacial score (nSPS) is 11.2. The first kappa shape index (κ1) is 16.4. The molecule has 5 heteroatoms. The third-order valence-electron chi connectivity index (χ3n) is 2.96. The summed E-state index contributed by atoms with van der Waals surface area (Å²) in [5.74, 6) is -0.0552. The van der Waals surface area contributed by atoms with Gasteiger partial charge in [-0.2, -0.15) is 0 Å².